The van der Waals surface area contributed by atoms with E-state index < -0.39 is 5.41 Å². The van der Waals surface area contributed by atoms with Gasteiger partial charge in [-0.1, -0.05) is 53.5 Å². The lowest BCUT2D eigenvalue weighted by atomic mass is 9.78. The topological polar surface area (TPSA) is 47.6 Å². The van der Waals surface area contributed by atoms with E-state index in [-0.39, 0.29) is 6.42 Å². The first-order valence-electron chi connectivity index (χ1n) is 5.93. The van der Waals surface area contributed by atoms with Crippen LogP contribution in [0.1, 0.15) is 11.1 Å². The molecule has 0 spiro atoms. The summed E-state index contributed by atoms with van der Waals surface area (Å²) in [5.74, 6) is 0. The molecule has 0 atom stereocenters. The molecule has 20 heavy (non-hydrogen) atoms. The average Bonchev–Trinajstić information content (AvgIpc) is 2.48. The lowest BCUT2D eigenvalue weighted by Crippen LogP contribution is -2.25. The first-order chi connectivity index (χ1) is 9.61. The zero-order valence-electron chi connectivity index (χ0n) is 10.5. The van der Waals surface area contributed by atoms with Crippen molar-refractivity contribution in [2.75, 3.05) is 0 Å². The van der Waals surface area contributed by atoms with Crippen LogP contribution in [-0.4, -0.2) is 0 Å². The Hall–Kier alpha value is -2.00. The molecule has 0 saturated carbocycles. The Labute approximate surface area is 127 Å². The third-order valence-electron chi connectivity index (χ3n) is 3.10. The molecule has 2 rings (SSSR count). The van der Waals surface area contributed by atoms with Crippen molar-refractivity contribution in [3.63, 3.8) is 0 Å². The number of hydrogen-bond acceptors (Lipinski definition) is 2. The third kappa shape index (κ3) is 2.78. The number of nitriles is 2. The van der Waals surface area contributed by atoms with Gasteiger partial charge in [0.05, 0.1) is 12.1 Å². The summed E-state index contributed by atoms with van der Waals surface area (Å²) >= 11 is 12.0. The van der Waals surface area contributed by atoms with Gasteiger partial charge < -0.3 is 0 Å². The standard InChI is InChI=1S/C16H10Cl2N2/c17-13-7-5-12(6-8-13)9-16(10-19,11-20)14-3-1-2-4-15(14)18/h1-8H,9H2. The Kier molecular flexibility index (Phi) is 4.30. The molecule has 0 saturated heterocycles. The molecule has 0 radical (unpaired) electrons. The molecule has 0 aliphatic rings. The SMILES string of the molecule is N#CC(C#N)(Cc1ccc(Cl)cc1)c1ccccc1Cl. The van der Waals surface area contributed by atoms with Crippen LogP contribution < -0.4 is 0 Å². The van der Waals surface area contributed by atoms with Crippen LogP contribution >= 0.6 is 23.2 Å². The number of benzene rings is 2. The smallest absolute Gasteiger partial charge is 0.174 e. The molecule has 2 aromatic rings. The van der Waals surface area contributed by atoms with Gasteiger partial charge >= 0.3 is 0 Å². The van der Waals surface area contributed by atoms with Gasteiger partial charge in [-0.05, 0) is 23.8 Å². The summed E-state index contributed by atoms with van der Waals surface area (Å²) in [4.78, 5) is 0. The summed E-state index contributed by atoms with van der Waals surface area (Å²) in [6.45, 7) is 0. The van der Waals surface area contributed by atoms with Crippen molar-refractivity contribution in [1.82, 2.24) is 0 Å². The van der Waals surface area contributed by atoms with E-state index in [4.69, 9.17) is 23.2 Å². The highest BCUT2D eigenvalue weighted by Gasteiger charge is 2.34. The van der Waals surface area contributed by atoms with Gasteiger partial charge in [-0.2, -0.15) is 10.5 Å². The van der Waals surface area contributed by atoms with Crippen molar-refractivity contribution in [2.45, 2.75) is 11.8 Å². The van der Waals surface area contributed by atoms with Gasteiger partial charge in [0.25, 0.3) is 0 Å². The molecule has 0 aliphatic heterocycles. The van der Waals surface area contributed by atoms with Gasteiger partial charge in [0.1, 0.15) is 0 Å². The lowest BCUT2D eigenvalue weighted by molar-refractivity contribution is 0.695. The van der Waals surface area contributed by atoms with Gasteiger partial charge in [-0.25, -0.2) is 0 Å². The van der Waals surface area contributed by atoms with Crippen molar-refractivity contribution in [3.05, 3.63) is 69.7 Å². The van der Waals surface area contributed by atoms with E-state index in [1.54, 1.807) is 36.4 Å². The minimum atomic E-state index is -1.30. The average molecular weight is 301 g/mol. The van der Waals surface area contributed by atoms with Gasteiger partial charge in [0.15, 0.2) is 5.41 Å². The fourth-order valence-electron chi connectivity index (χ4n) is 2.04. The largest absolute Gasteiger partial charge is 0.196 e. The summed E-state index contributed by atoms with van der Waals surface area (Å²) in [6, 6.07) is 18.2. The second-order valence-corrected chi connectivity index (χ2v) is 5.26. The Morgan fingerprint density at radius 3 is 2.05 bits per heavy atom. The summed E-state index contributed by atoms with van der Waals surface area (Å²) in [5.41, 5.74) is 0.0886. The van der Waals surface area contributed by atoms with E-state index in [0.29, 0.717) is 15.6 Å². The van der Waals surface area contributed by atoms with Crippen molar-refractivity contribution >= 4 is 23.2 Å². The van der Waals surface area contributed by atoms with Crippen LogP contribution in [0.25, 0.3) is 0 Å². The fraction of sp³-hybridized carbons (Fsp3) is 0.125. The van der Waals surface area contributed by atoms with Gasteiger partial charge in [0, 0.05) is 22.0 Å². The van der Waals surface area contributed by atoms with E-state index in [9.17, 15) is 10.5 Å². The fourth-order valence-corrected chi connectivity index (χ4v) is 2.46. The van der Waals surface area contributed by atoms with Crippen LogP contribution in [0.2, 0.25) is 10.0 Å². The molecule has 0 aromatic heterocycles. The number of hydrogen-bond donors (Lipinski definition) is 0. The van der Waals surface area contributed by atoms with Gasteiger partial charge in [-0.3, -0.25) is 0 Å². The first kappa shape index (κ1) is 14.4. The normalized spacial score (nSPS) is 10.6. The maximum absolute atomic E-state index is 9.51. The summed E-state index contributed by atoms with van der Waals surface area (Å²) in [6.07, 6.45) is 0.265. The molecule has 2 aromatic carbocycles. The molecular weight excluding hydrogens is 291 g/mol. The van der Waals surface area contributed by atoms with E-state index >= 15 is 0 Å². The molecule has 0 bridgehead atoms. The maximum atomic E-state index is 9.51. The first-order valence-corrected chi connectivity index (χ1v) is 6.69. The van der Waals surface area contributed by atoms with E-state index in [1.807, 2.05) is 12.1 Å². The van der Waals surface area contributed by atoms with Gasteiger partial charge in [-0.15, -0.1) is 0 Å². The predicted octanol–water partition coefficient (Wildman–Crippen LogP) is 4.52. The van der Waals surface area contributed by atoms with Crippen molar-refractivity contribution in [3.8, 4) is 12.1 Å². The molecule has 0 fully saturated rings. The predicted molar refractivity (Wildman–Crippen MR) is 79.5 cm³/mol. The molecule has 0 N–H and O–H groups in total. The minimum Gasteiger partial charge on any atom is -0.196 e. The molecular formula is C16H10Cl2N2. The Morgan fingerprint density at radius 1 is 0.900 bits per heavy atom. The summed E-state index contributed by atoms with van der Waals surface area (Å²) in [7, 11) is 0. The van der Waals surface area contributed by atoms with E-state index in [0.717, 1.165) is 5.56 Å². The van der Waals surface area contributed by atoms with E-state index in [2.05, 4.69) is 12.1 Å². The second kappa shape index (κ2) is 5.97. The molecule has 4 heteroatoms. The number of rotatable bonds is 3. The van der Waals surface area contributed by atoms with Crippen LogP contribution in [0.15, 0.2) is 48.5 Å². The van der Waals surface area contributed by atoms with Crippen molar-refractivity contribution in [1.29, 1.82) is 10.5 Å². The van der Waals surface area contributed by atoms with E-state index in [1.165, 1.54) is 0 Å². The summed E-state index contributed by atoms with van der Waals surface area (Å²) in [5, 5.41) is 20.1. The molecule has 2 nitrogen and oxygen atoms in total. The zero-order chi connectivity index (χ0) is 14.6. The number of halogens is 2. The Morgan fingerprint density at radius 2 is 1.50 bits per heavy atom. The Bertz CT molecular complexity index is 680. The second-order valence-electron chi connectivity index (χ2n) is 4.41. The van der Waals surface area contributed by atoms with Crippen LogP contribution in [0.3, 0.4) is 0 Å². The highest BCUT2D eigenvalue weighted by atomic mass is 35.5. The Balaban J connectivity index is 2.47. The molecule has 98 valence electrons. The number of nitrogens with zero attached hydrogens (tertiary/aromatic N) is 2. The van der Waals surface area contributed by atoms with Crippen molar-refractivity contribution < 1.29 is 0 Å². The zero-order valence-corrected chi connectivity index (χ0v) is 12.0. The highest BCUT2D eigenvalue weighted by molar-refractivity contribution is 6.31. The van der Waals surface area contributed by atoms with Crippen LogP contribution in [0.4, 0.5) is 0 Å². The van der Waals surface area contributed by atoms with Crippen LogP contribution in [-0.2, 0) is 11.8 Å². The molecule has 0 heterocycles. The quantitative estimate of drug-likeness (QED) is 0.836. The van der Waals surface area contributed by atoms with Crippen LogP contribution in [0, 0.1) is 22.7 Å². The van der Waals surface area contributed by atoms with Gasteiger partial charge in [0.2, 0.25) is 0 Å². The van der Waals surface area contributed by atoms with Crippen LogP contribution in [0.5, 0.6) is 0 Å². The third-order valence-corrected chi connectivity index (χ3v) is 3.68. The molecule has 0 unspecified atom stereocenters. The monoisotopic (exact) mass is 300 g/mol. The molecule has 0 amide bonds. The molecule has 0 aliphatic carbocycles. The van der Waals surface area contributed by atoms with Crippen molar-refractivity contribution in [2.24, 2.45) is 0 Å². The lowest BCUT2D eigenvalue weighted by Gasteiger charge is -2.20. The summed E-state index contributed by atoms with van der Waals surface area (Å²) < 4.78 is 0. The maximum Gasteiger partial charge on any atom is 0.174 e. The minimum absolute atomic E-state index is 0.265. The highest BCUT2D eigenvalue weighted by Crippen LogP contribution is 2.32.